The number of benzene rings is 1. The topological polar surface area (TPSA) is 26.3 Å². The lowest BCUT2D eigenvalue weighted by atomic mass is 10.3. The van der Waals surface area contributed by atoms with Gasteiger partial charge in [0.15, 0.2) is 0 Å². The quantitative estimate of drug-likeness (QED) is 0.435. The molecule has 0 saturated carbocycles. The number of hydrogen-bond acceptors (Lipinski definition) is 3. The molecule has 1 aromatic rings. The zero-order valence-electron chi connectivity index (χ0n) is 9.24. The number of esters is 1. The van der Waals surface area contributed by atoms with E-state index in [-0.39, 0.29) is 11.8 Å². The zero-order chi connectivity index (χ0) is 11.8. The van der Waals surface area contributed by atoms with Crippen LogP contribution >= 0.6 is 11.8 Å². The highest BCUT2D eigenvalue weighted by atomic mass is 32.2. The smallest absolute Gasteiger partial charge is 0.305 e. The second-order valence-electron chi connectivity index (χ2n) is 3.21. The van der Waals surface area contributed by atoms with Gasteiger partial charge in [-0.3, -0.25) is 4.79 Å². The Morgan fingerprint density at radius 3 is 2.69 bits per heavy atom. The molecule has 0 aliphatic carbocycles. The van der Waals surface area contributed by atoms with Crippen LogP contribution in [0, 0.1) is 5.82 Å². The van der Waals surface area contributed by atoms with E-state index >= 15 is 0 Å². The van der Waals surface area contributed by atoms with Crippen molar-refractivity contribution in [2.75, 3.05) is 12.4 Å². The standard InChI is InChI=1S/C12H15FO2S/c1-2-15-12(14)4-3-9-16-11-7-5-10(13)6-8-11/h5-8H,2-4,9H2,1H3. The molecule has 1 rings (SSSR count). The molecule has 0 atom stereocenters. The summed E-state index contributed by atoms with van der Waals surface area (Å²) in [6, 6.07) is 6.36. The number of thioether (sulfide) groups is 1. The highest BCUT2D eigenvalue weighted by Gasteiger charge is 2.01. The lowest BCUT2D eigenvalue weighted by molar-refractivity contribution is -0.143. The third-order valence-corrected chi connectivity index (χ3v) is 3.01. The number of hydrogen-bond donors (Lipinski definition) is 0. The van der Waals surface area contributed by atoms with Gasteiger partial charge in [0.2, 0.25) is 0 Å². The molecule has 88 valence electrons. The van der Waals surface area contributed by atoms with Crippen LogP contribution in [0.2, 0.25) is 0 Å². The molecule has 4 heteroatoms. The number of rotatable bonds is 6. The predicted molar refractivity (Wildman–Crippen MR) is 63.0 cm³/mol. The molecule has 0 unspecified atom stereocenters. The molecule has 1 aromatic carbocycles. The van der Waals surface area contributed by atoms with Crippen LogP contribution in [0.1, 0.15) is 19.8 Å². The SMILES string of the molecule is CCOC(=O)CCCSc1ccc(F)cc1. The normalized spacial score (nSPS) is 10.1. The van der Waals surface area contributed by atoms with Gasteiger partial charge in [-0.15, -0.1) is 11.8 Å². The van der Waals surface area contributed by atoms with Gasteiger partial charge in [0, 0.05) is 11.3 Å². The molecule has 0 radical (unpaired) electrons. The van der Waals surface area contributed by atoms with Crippen LogP contribution < -0.4 is 0 Å². The van der Waals surface area contributed by atoms with E-state index in [0.29, 0.717) is 13.0 Å². The van der Waals surface area contributed by atoms with Crippen LogP contribution in [0.15, 0.2) is 29.2 Å². The van der Waals surface area contributed by atoms with Gasteiger partial charge in [-0.05, 0) is 43.4 Å². The molecule has 0 aliphatic heterocycles. The van der Waals surface area contributed by atoms with Gasteiger partial charge in [-0.25, -0.2) is 4.39 Å². The summed E-state index contributed by atoms with van der Waals surface area (Å²) in [6.45, 7) is 2.23. The molecule has 0 N–H and O–H groups in total. The van der Waals surface area contributed by atoms with Crippen LogP contribution in [0.3, 0.4) is 0 Å². The third-order valence-electron chi connectivity index (χ3n) is 1.91. The molecule has 0 spiro atoms. The minimum atomic E-state index is -0.226. The minimum Gasteiger partial charge on any atom is -0.466 e. The van der Waals surface area contributed by atoms with E-state index in [0.717, 1.165) is 17.1 Å². The molecule has 0 aliphatic rings. The molecule has 0 saturated heterocycles. The average Bonchev–Trinajstić information content (AvgIpc) is 2.27. The Morgan fingerprint density at radius 2 is 2.06 bits per heavy atom. The van der Waals surface area contributed by atoms with E-state index in [2.05, 4.69) is 0 Å². The Bertz CT molecular complexity index is 324. The van der Waals surface area contributed by atoms with Gasteiger partial charge >= 0.3 is 5.97 Å². The van der Waals surface area contributed by atoms with E-state index in [1.807, 2.05) is 0 Å². The van der Waals surface area contributed by atoms with E-state index in [4.69, 9.17) is 4.74 Å². The summed E-state index contributed by atoms with van der Waals surface area (Å²) in [4.78, 5) is 12.0. The van der Waals surface area contributed by atoms with Crippen LogP contribution in [0.4, 0.5) is 4.39 Å². The van der Waals surface area contributed by atoms with E-state index in [1.165, 1.54) is 12.1 Å². The summed E-state index contributed by atoms with van der Waals surface area (Å²) in [5.41, 5.74) is 0. The van der Waals surface area contributed by atoms with E-state index < -0.39 is 0 Å². The first-order chi connectivity index (χ1) is 7.72. The van der Waals surface area contributed by atoms with Gasteiger partial charge < -0.3 is 4.74 Å². The molecule has 2 nitrogen and oxygen atoms in total. The maximum atomic E-state index is 12.6. The average molecular weight is 242 g/mol. The van der Waals surface area contributed by atoms with Crippen molar-refractivity contribution >= 4 is 17.7 Å². The second-order valence-corrected chi connectivity index (χ2v) is 4.38. The van der Waals surface area contributed by atoms with Crippen molar-refractivity contribution in [1.29, 1.82) is 0 Å². The fourth-order valence-corrected chi connectivity index (χ4v) is 2.02. The molecule has 0 fully saturated rings. The van der Waals surface area contributed by atoms with Gasteiger partial charge in [-0.1, -0.05) is 0 Å². The van der Waals surface area contributed by atoms with E-state index in [9.17, 15) is 9.18 Å². The Labute approximate surface area is 99.2 Å². The largest absolute Gasteiger partial charge is 0.466 e. The fraction of sp³-hybridized carbons (Fsp3) is 0.417. The Morgan fingerprint density at radius 1 is 1.38 bits per heavy atom. The van der Waals surface area contributed by atoms with Crippen LogP contribution in [0.5, 0.6) is 0 Å². The van der Waals surface area contributed by atoms with Crippen LogP contribution in [-0.2, 0) is 9.53 Å². The van der Waals surface area contributed by atoms with E-state index in [1.54, 1.807) is 30.8 Å². The highest BCUT2D eigenvalue weighted by molar-refractivity contribution is 7.99. The molecule has 0 aromatic heterocycles. The maximum Gasteiger partial charge on any atom is 0.305 e. The maximum absolute atomic E-state index is 12.6. The lowest BCUT2D eigenvalue weighted by Crippen LogP contribution is -2.03. The molecular formula is C12H15FO2S. The molecule has 0 amide bonds. The Hall–Kier alpha value is -1.03. The first kappa shape index (κ1) is 13.0. The van der Waals surface area contributed by atoms with Gasteiger partial charge in [0.25, 0.3) is 0 Å². The molecule has 0 bridgehead atoms. The Balaban J connectivity index is 2.16. The minimum absolute atomic E-state index is 0.151. The first-order valence-electron chi connectivity index (χ1n) is 5.26. The van der Waals surface area contributed by atoms with Gasteiger partial charge in [0.1, 0.15) is 5.82 Å². The Kier molecular flexibility index (Phi) is 5.93. The lowest BCUT2D eigenvalue weighted by Gasteiger charge is -2.02. The number of ether oxygens (including phenoxy) is 1. The number of carbonyl (C=O) groups is 1. The summed E-state index contributed by atoms with van der Waals surface area (Å²) >= 11 is 1.61. The second kappa shape index (κ2) is 7.28. The third kappa shape index (κ3) is 5.16. The summed E-state index contributed by atoms with van der Waals surface area (Å²) < 4.78 is 17.4. The van der Waals surface area contributed by atoms with Crippen molar-refractivity contribution in [3.05, 3.63) is 30.1 Å². The van der Waals surface area contributed by atoms with Crippen molar-refractivity contribution in [3.63, 3.8) is 0 Å². The monoisotopic (exact) mass is 242 g/mol. The van der Waals surface area contributed by atoms with Crippen LogP contribution in [0.25, 0.3) is 0 Å². The van der Waals surface area contributed by atoms with Gasteiger partial charge in [0.05, 0.1) is 6.61 Å². The summed E-state index contributed by atoms with van der Waals surface area (Å²) in [7, 11) is 0. The predicted octanol–water partition coefficient (Wildman–Crippen LogP) is 3.26. The number of carbonyl (C=O) groups excluding carboxylic acids is 1. The zero-order valence-corrected chi connectivity index (χ0v) is 10.1. The molecular weight excluding hydrogens is 227 g/mol. The number of halogens is 1. The van der Waals surface area contributed by atoms with Crippen molar-refractivity contribution < 1.29 is 13.9 Å². The molecule has 16 heavy (non-hydrogen) atoms. The summed E-state index contributed by atoms with van der Waals surface area (Å²) in [5.74, 6) is 0.461. The first-order valence-corrected chi connectivity index (χ1v) is 6.25. The van der Waals surface area contributed by atoms with Crippen molar-refractivity contribution in [2.24, 2.45) is 0 Å². The molecule has 0 heterocycles. The highest BCUT2D eigenvalue weighted by Crippen LogP contribution is 2.19. The fourth-order valence-electron chi connectivity index (χ4n) is 1.17. The van der Waals surface area contributed by atoms with Crippen molar-refractivity contribution in [2.45, 2.75) is 24.7 Å². The van der Waals surface area contributed by atoms with Crippen molar-refractivity contribution in [3.8, 4) is 0 Å². The van der Waals surface area contributed by atoms with Crippen LogP contribution in [-0.4, -0.2) is 18.3 Å². The van der Waals surface area contributed by atoms with Gasteiger partial charge in [-0.2, -0.15) is 0 Å². The summed E-state index contributed by atoms with van der Waals surface area (Å²) in [6.07, 6.45) is 1.23. The van der Waals surface area contributed by atoms with Crippen molar-refractivity contribution in [1.82, 2.24) is 0 Å². The summed E-state index contributed by atoms with van der Waals surface area (Å²) in [5, 5.41) is 0.